The summed E-state index contributed by atoms with van der Waals surface area (Å²) in [5, 5.41) is 0. The van der Waals surface area contributed by atoms with E-state index in [1.807, 2.05) is 0 Å². The summed E-state index contributed by atoms with van der Waals surface area (Å²) in [6.07, 6.45) is 3.27. The van der Waals surface area contributed by atoms with E-state index in [0.29, 0.717) is 37.5 Å². The van der Waals surface area contributed by atoms with Gasteiger partial charge >= 0.3 is 5.97 Å². The first-order valence-electron chi connectivity index (χ1n) is 10.1. The van der Waals surface area contributed by atoms with Gasteiger partial charge in [-0.3, -0.25) is 4.79 Å². The highest BCUT2D eigenvalue weighted by molar-refractivity contribution is 7.90. The zero-order valence-electron chi connectivity index (χ0n) is 16.4. The molecule has 0 saturated carbocycles. The van der Waals surface area contributed by atoms with E-state index in [2.05, 4.69) is 4.40 Å². The minimum atomic E-state index is -3.77. The van der Waals surface area contributed by atoms with Crippen molar-refractivity contribution < 1.29 is 22.7 Å². The molecule has 0 aromatic heterocycles. The van der Waals surface area contributed by atoms with Crippen LogP contribution in [0.25, 0.3) is 0 Å². The van der Waals surface area contributed by atoms with Crippen LogP contribution in [0.3, 0.4) is 0 Å². The second-order valence-corrected chi connectivity index (χ2v) is 9.28. The molecule has 1 aromatic carbocycles. The van der Waals surface area contributed by atoms with E-state index in [-0.39, 0.29) is 10.8 Å². The topological polar surface area (TPSA) is 96.3 Å². The highest BCUT2D eigenvalue weighted by Crippen LogP contribution is 2.31. The monoisotopic (exact) mass is 419 g/mol. The number of nitrogens with zero attached hydrogens (tertiary/aromatic N) is 3. The molecule has 0 aliphatic carbocycles. The van der Waals surface area contributed by atoms with Crippen molar-refractivity contribution in [2.75, 3.05) is 19.6 Å². The SMILES string of the molecule is C[C@H](OC(=O)[C@H]1CCCCN1C1=NS(=O)(=O)c2ccccc21)C(=O)N1CCCC1. The van der Waals surface area contributed by atoms with E-state index in [1.165, 1.54) is 6.07 Å². The molecule has 0 spiro atoms. The van der Waals surface area contributed by atoms with Gasteiger partial charge in [0, 0.05) is 25.2 Å². The Kier molecular flexibility index (Phi) is 5.33. The molecule has 4 rings (SSSR count). The molecular weight excluding hydrogens is 394 g/mol. The van der Waals surface area contributed by atoms with Crippen molar-refractivity contribution in [3.8, 4) is 0 Å². The van der Waals surface area contributed by atoms with E-state index in [0.717, 1.165) is 25.7 Å². The van der Waals surface area contributed by atoms with Gasteiger partial charge in [-0.15, -0.1) is 4.40 Å². The van der Waals surface area contributed by atoms with Crippen LogP contribution in [0.2, 0.25) is 0 Å². The van der Waals surface area contributed by atoms with Crippen molar-refractivity contribution in [1.29, 1.82) is 0 Å². The van der Waals surface area contributed by atoms with Gasteiger partial charge in [0.25, 0.3) is 15.9 Å². The zero-order chi connectivity index (χ0) is 20.6. The maximum absolute atomic E-state index is 12.9. The number of sulfonamides is 1. The molecule has 29 heavy (non-hydrogen) atoms. The van der Waals surface area contributed by atoms with Crippen molar-refractivity contribution in [2.45, 2.75) is 56.1 Å². The lowest BCUT2D eigenvalue weighted by Gasteiger charge is -2.36. The number of fused-ring (bicyclic) bond motifs is 1. The molecular formula is C20H25N3O5S. The van der Waals surface area contributed by atoms with Gasteiger partial charge in [0.15, 0.2) is 11.9 Å². The molecule has 0 radical (unpaired) electrons. The van der Waals surface area contributed by atoms with Crippen molar-refractivity contribution in [2.24, 2.45) is 4.40 Å². The van der Waals surface area contributed by atoms with E-state index < -0.39 is 28.1 Å². The Hall–Kier alpha value is -2.42. The standard InChI is InChI=1S/C20H25N3O5S/c1-14(19(24)22-11-6-7-12-22)28-20(25)16-9-4-5-13-23(16)18-15-8-2-3-10-17(15)29(26,27)21-18/h2-3,8,10,14,16H,4-7,9,11-13H2,1H3/t14-,16+/m0/s1. The summed E-state index contributed by atoms with van der Waals surface area (Å²) < 4.78 is 34.3. The summed E-state index contributed by atoms with van der Waals surface area (Å²) in [4.78, 5) is 29.0. The largest absolute Gasteiger partial charge is 0.451 e. The highest BCUT2D eigenvalue weighted by Gasteiger charge is 2.39. The Balaban J connectivity index is 1.54. The number of rotatable bonds is 3. The zero-order valence-corrected chi connectivity index (χ0v) is 17.2. The molecule has 0 unspecified atom stereocenters. The van der Waals surface area contributed by atoms with E-state index in [1.54, 1.807) is 34.9 Å². The molecule has 156 valence electrons. The maximum Gasteiger partial charge on any atom is 0.329 e. The third-order valence-corrected chi connectivity index (χ3v) is 7.04. The molecule has 0 N–H and O–H groups in total. The van der Waals surface area contributed by atoms with Gasteiger partial charge in [0.1, 0.15) is 10.9 Å². The Morgan fingerprint density at radius 1 is 1.10 bits per heavy atom. The fraction of sp³-hybridized carbons (Fsp3) is 0.550. The van der Waals surface area contributed by atoms with Crippen LogP contribution < -0.4 is 0 Å². The predicted octanol–water partition coefficient (Wildman–Crippen LogP) is 1.54. The number of esters is 1. The van der Waals surface area contributed by atoms with Gasteiger partial charge in [-0.1, -0.05) is 12.1 Å². The molecule has 2 atom stereocenters. The molecule has 9 heteroatoms. The summed E-state index contributed by atoms with van der Waals surface area (Å²) in [5.41, 5.74) is 0.508. The number of carbonyl (C=O) groups is 2. The van der Waals surface area contributed by atoms with Gasteiger partial charge < -0.3 is 14.5 Å². The smallest absolute Gasteiger partial charge is 0.329 e. The number of carbonyl (C=O) groups excluding carboxylic acids is 2. The van der Waals surface area contributed by atoms with Gasteiger partial charge in [-0.2, -0.15) is 8.42 Å². The van der Waals surface area contributed by atoms with Crippen LogP contribution in [-0.2, 0) is 24.3 Å². The third-order valence-electron chi connectivity index (χ3n) is 5.72. The summed E-state index contributed by atoms with van der Waals surface area (Å²) in [7, 11) is -3.77. The molecule has 0 bridgehead atoms. The number of amides is 1. The normalized spacial score (nSPS) is 24.0. The van der Waals surface area contributed by atoms with Gasteiger partial charge in [-0.25, -0.2) is 4.79 Å². The molecule has 3 heterocycles. The van der Waals surface area contributed by atoms with Crippen molar-refractivity contribution >= 4 is 27.7 Å². The predicted molar refractivity (Wildman–Crippen MR) is 106 cm³/mol. The quantitative estimate of drug-likeness (QED) is 0.690. The fourth-order valence-electron chi connectivity index (χ4n) is 4.22. The van der Waals surface area contributed by atoms with Crippen LogP contribution in [-0.4, -0.2) is 67.7 Å². The maximum atomic E-state index is 12.9. The molecule has 2 fully saturated rings. The number of hydrogen-bond acceptors (Lipinski definition) is 6. The summed E-state index contributed by atoms with van der Waals surface area (Å²) in [6, 6.07) is 5.98. The van der Waals surface area contributed by atoms with Crippen LogP contribution in [0.5, 0.6) is 0 Å². The molecule has 3 aliphatic heterocycles. The molecule has 8 nitrogen and oxygen atoms in total. The third kappa shape index (κ3) is 3.75. The number of benzene rings is 1. The average molecular weight is 420 g/mol. The summed E-state index contributed by atoms with van der Waals surface area (Å²) >= 11 is 0. The fourth-order valence-corrected chi connectivity index (χ4v) is 5.44. The Bertz CT molecular complexity index is 953. The molecule has 1 amide bonds. The first-order valence-corrected chi connectivity index (χ1v) is 11.5. The Morgan fingerprint density at radius 2 is 1.79 bits per heavy atom. The van der Waals surface area contributed by atoms with Crippen molar-refractivity contribution in [3.63, 3.8) is 0 Å². The number of likely N-dealkylation sites (tertiary alicyclic amines) is 2. The van der Waals surface area contributed by atoms with Crippen LogP contribution >= 0.6 is 0 Å². The van der Waals surface area contributed by atoms with Crippen LogP contribution in [0.1, 0.15) is 44.6 Å². The lowest BCUT2D eigenvalue weighted by atomic mass is 10.0. The Labute approximate surface area is 170 Å². The minimum absolute atomic E-state index is 0.158. The Morgan fingerprint density at radius 3 is 2.55 bits per heavy atom. The van der Waals surface area contributed by atoms with Crippen LogP contribution in [0.4, 0.5) is 0 Å². The average Bonchev–Trinajstić information content (AvgIpc) is 3.34. The second-order valence-electron chi connectivity index (χ2n) is 7.70. The van der Waals surface area contributed by atoms with E-state index >= 15 is 0 Å². The van der Waals surface area contributed by atoms with Gasteiger partial charge in [0.05, 0.1) is 0 Å². The number of hydrogen-bond donors (Lipinski definition) is 0. The summed E-state index contributed by atoms with van der Waals surface area (Å²) in [5.74, 6) is -0.390. The van der Waals surface area contributed by atoms with Crippen LogP contribution in [0.15, 0.2) is 33.6 Å². The lowest BCUT2D eigenvalue weighted by Crippen LogP contribution is -2.50. The number of ether oxygens (including phenoxy) is 1. The van der Waals surface area contributed by atoms with E-state index in [9.17, 15) is 18.0 Å². The first-order chi connectivity index (χ1) is 13.9. The van der Waals surface area contributed by atoms with Crippen LogP contribution in [0, 0.1) is 0 Å². The lowest BCUT2D eigenvalue weighted by molar-refractivity contribution is -0.162. The highest BCUT2D eigenvalue weighted by atomic mass is 32.2. The minimum Gasteiger partial charge on any atom is -0.451 e. The molecule has 3 aliphatic rings. The van der Waals surface area contributed by atoms with Gasteiger partial charge in [0.2, 0.25) is 0 Å². The molecule has 2 saturated heterocycles. The van der Waals surface area contributed by atoms with Crippen molar-refractivity contribution in [3.05, 3.63) is 29.8 Å². The second kappa shape index (κ2) is 7.78. The number of piperidine rings is 1. The first kappa shape index (κ1) is 19.9. The van der Waals surface area contributed by atoms with Gasteiger partial charge in [-0.05, 0) is 51.2 Å². The molecule has 1 aromatic rings. The van der Waals surface area contributed by atoms with E-state index in [4.69, 9.17) is 4.74 Å². The number of amidine groups is 1. The summed E-state index contributed by atoms with van der Waals surface area (Å²) in [6.45, 7) is 3.50. The van der Waals surface area contributed by atoms with Crippen molar-refractivity contribution in [1.82, 2.24) is 9.80 Å².